The van der Waals surface area contributed by atoms with Crippen molar-refractivity contribution in [3.05, 3.63) is 59.5 Å². The van der Waals surface area contributed by atoms with Crippen LogP contribution in [0.25, 0.3) is 10.9 Å². The molecule has 2 unspecified atom stereocenters. The number of halogens is 3. The first-order valence-corrected chi connectivity index (χ1v) is 13.6. The van der Waals surface area contributed by atoms with Gasteiger partial charge in [-0.2, -0.15) is 10.2 Å². The number of alkyl halides is 2. The van der Waals surface area contributed by atoms with Gasteiger partial charge in [0.25, 0.3) is 6.43 Å². The molecule has 3 fully saturated rings. The number of piperidine rings is 1. The largest absolute Gasteiger partial charge is 0.377 e. The minimum Gasteiger partial charge on any atom is -0.377 e. The summed E-state index contributed by atoms with van der Waals surface area (Å²) >= 11 is 0. The van der Waals surface area contributed by atoms with Crippen LogP contribution in [0.1, 0.15) is 56.2 Å². The summed E-state index contributed by atoms with van der Waals surface area (Å²) < 4.78 is 46.8. The van der Waals surface area contributed by atoms with Gasteiger partial charge in [0, 0.05) is 35.6 Å². The number of hydrogen-bond acceptors (Lipinski definition) is 6. The fraction of sp³-hybridized carbons (Fsp3) is 0.483. The van der Waals surface area contributed by atoms with E-state index in [0.717, 1.165) is 55.9 Å². The van der Waals surface area contributed by atoms with E-state index in [1.165, 1.54) is 12.1 Å². The van der Waals surface area contributed by atoms with Crippen LogP contribution in [-0.4, -0.2) is 59.4 Å². The smallest absolute Gasteiger partial charge is 0.266 e. The molecule has 1 amide bonds. The molecule has 3 aromatic rings. The Hall–Kier alpha value is -3.40. The van der Waals surface area contributed by atoms with E-state index >= 15 is 0 Å². The lowest BCUT2D eigenvalue weighted by molar-refractivity contribution is -0.146. The van der Waals surface area contributed by atoms with Crippen molar-refractivity contribution in [2.45, 2.75) is 57.2 Å². The molecule has 6 rings (SSSR count). The lowest BCUT2D eigenvalue weighted by atomic mass is 9.94. The standard InChI is InChI=1S/C29H32F3N5O2/c1-17(22-3-2-4-23(27(22)30)28(31)32)34-26-14-33-35-25-8-7-19(13-24(25)26)36-11-9-18(10-12-36)29(38)37-20-5-6-21(37)16-39-15-20/h2-4,7-8,13-14,17-18,20-21,28H,5-6,9-12,15-16H2,1H3,(H,34,35)/t17-,20?,21?/m1/s1. The summed E-state index contributed by atoms with van der Waals surface area (Å²) in [6, 6.07) is 9.87. The normalized spacial score (nSPS) is 22.5. The molecule has 3 aliphatic heterocycles. The van der Waals surface area contributed by atoms with Gasteiger partial charge in [0.2, 0.25) is 5.91 Å². The van der Waals surface area contributed by atoms with E-state index in [0.29, 0.717) is 24.4 Å². The number of nitrogens with one attached hydrogen (secondary N) is 1. The zero-order valence-corrected chi connectivity index (χ0v) is 21.8. The highest BCUT2D eigenvalue weighted by atomic mass is 19.3. The van der Waals surface area contributed by atoms with Gasteiger partial charge in [-0.1, -0.05) is 18.2 Å². The number of anilines is 2. The number of hydrogen-bond donors (Lipinski definition) is 1. The minimum atomic E-state index is -2.88. The molecule has 7 nitrogen and oxygen atoms in total. The maximum Gasteiger partial charge on any atom is 0.266 e. The SMILES string of the molecule is C[C@@H](Nc1cnnc2ccc(N3CCC(C(=O)N4C5CCC4COC5)CC3)cc12)c1cccc(C(F)F)c1F. The van der Waals surface area contributed by atoms with Gasteiger partial charge in [0.05, 0.1) is 54.3 Å². The van der Waals surface area contributed by atoms with Gasteiger partial charge in [-0.3, -0.25) is 4.79 Å². The van der Waals surface area contributed by atoms with Crippen molar-refractivity contribution in [1.29, 1.82) is 0 Å². The highest BCUT2D eigenvalue weighted by molar-refractivity contribution is 5.93. The number of aromatic nitrogens is 2. The maximum absolute atomic E-state index is 14.8. The van der Waals surface area contributed by atoms with Crippen LogP contribution in [0.15, 0.2) is 42.6 Å². The second-order valence-electron chi connectivity index (χ2n) is 10.8. The van der Waals surface area contributed by atoms with Crippen molar-refractivity contribution in [2.75, 3.05) is 36.5 Å². The van der Waals surface area contributed by atoms with Gasteiger partial charge >= 0.3 is 0 Å². The molecule has 2 aromatic carbocycles. The number of fused-ring (bicyclic) bond motifs is 3. The van der Waals surface area contributed by atoms with Gasteiger partial charge < -0.3 is 19.9 Å². The second kappa shape index (κ2) is 10.6. The Morgan fingerprint density at radius 2 is 1.77 bits per heavy atom. The molecule has 1 aromatic heterocycles. The summed E-state index contributed by atoms with van der Waals surface area (Å²) in [5, 5.41) is 12.4. The average molecular weight is 540 g/mol. The van der Waals surface area contributed by atoms with Crippen LogP contribution in [0.5, 0.6) is 0 Å². The average Bonchev–Trinajstić information content (AvgIpc) is 3.20. The molecule has 3 saturated heterocycles. The third-order valence-corrected chi connectivity index (χ3v) is 8.46. The van der Waals surface area contributed by atoms with Crippen molar-refractivity contribution in [2.24, 2.45) is 5.92 Å². The van der Waals surface area contributed by atoms with Gasteiger partial charge in [0.1, 0.15) is 5.82 Å². The number of amides is 1. The molecule has 1 N–H and O–H groups in total. The monoisotopic (exact) mass is 539 g/mol. The number of rotatable bonds is 6. The van der Waals surface area contributed by atoms with Crippen molar-refractivity contribution in [1.82, 2.24) is 15.1 Å². The summed E-state index contributed by atoms with van der Waals surface area (Å²) in [4.78, 5) is 17.7. The van der Waals surface area contributed by atoms with Crippen LogP contribution in [-0.2, 0) is 9.53 Å². The quantitative estimate of drug-likeness (QED) is 0.447. The fourth-order valence-corrected chi connectivity index (χ4v) is 6.32. The molecule has 3 aliphatic rings. The zero-order chi connectivity index (χ0) is 27.1. The lowest BCUT2D eigenvalue weighted by Crippen LogP contribution is -2.52. The second-order valence-corrected chi connectivity index (χ2v) is 10.8. The van der Waals surface area contributed by atoms with E-state index < -0.39 is 23.8 Å². The minimum absolute atomic E-state index is 0.0331. The first kappa shape index (κ1) is 25.9. The molecule has 0 spiro atoms. The van der Waals surface area contributed by atoms with Gasteiger partial charge in [-0.25, -0.2) is 13.2 Å². The number of morpholine rings is 1. The van der Waals surface area contributed by atoms with Crippen LogP contribution < -0.4 is 10.2 Å². The van der Waals surface area contributed by atoms with Gasteiger partial charge in [-0.05, 0) is 50.8 Å². The molecular formula is C29H32F3N5O2. The Balaban J connectivity index is 1.17. The summed E-state index contributed by atoms with van der Waals surface area (Å²) in [6.45, 7) is 4.57. The highest BCUT2D eigenvalue weighted by Gasteiger charge is 2.42. The van der Waals surface area contributed by atoms with Crippen molar-refractivity contribution >= 4 is 28.2 Å². The molecule has 0 aliphatic carbocycles. The Labute approximate surface area is 225 Å². The topological polar surface area (TPSA) is 70.6 Å². The van der Waals surface area contributed by atoms with Gasteiger partial charge in [0.15, 0.2) is 0 Å². The van der Waals surface area contributed by atoms with Crippen LogP contribution in [0.2, 0.25) is 0 Å². The summed E-state index contributed by atoms with van der Waals surface area (Å²) in [5.41, 5.74) is 1.88. The number of benzene rings is 2. The number of ether oxygens (including phenoxy) is 1. The molecule has 4 heterocycles. The van der Waals surface area contributed by atoms with Crippen molar-refractivity contribution in [3.63, 3.8) is 0 Å². The first-order valence-electron chi connectivity index (χ1n) is 13.6. The molecule has 0 saturated carbocycles. The Morgan fingerprint density at radius 3 is 2.49 bits per heavy atom. The summed E-state index contributed by atoms with van der Waals surface area (Å²) in [7, 11) is 0. The summed E-state index contributed by atoms with van der Waals surface area (Å²) in [6.07, 6.45) is 2.35. The van der Waals surface area contributed by atoms with E-state index in [9.17, 15) is 18.0 Å². The predicted octanol–water partition coefficient (Wildman–Crippen LogP) is 5.49. The van der Waals surface area contributed by atoms with E-state index in [4.69, 9.17) is 4.74 Å². The number of nitrogens with zero attached hydrogens (tertiary/aromatic N) is 4. The first-order chi connectivity index (χ1) is 18.9. The summed E-state index contributed by atoms with van der Waals surface area (Å²) in [5.74, 6) is -0.587. The molecule has 206 valence electrons. The molecule has 2 bridgehead atoms. The van der Waals surface area contributed by atoms with E-state index in [2.05, 4.69) is 25.3 Å². The third-order valence-electron chi connectivity index (χ3n) is 8.46. The molecular weight excluding hydrogens is 507 g/mol. The molecule has 39 heavy (non-hydrogen) atoms. The lowest BCUT2D eigenvalue weighted by Gasteiger charge is -2.40. The zero-order valence-electron chi connectivity index (χ0n) is 21.8. The van der Waals surface area contributed by atoms with Crippen LogP contribution in [0.4, 0.5) is 24.5 Å². The van der Waals surface area contributed by atoms with Gasteiger partial charge in [-0.15, -0.1) is 0 Å². The van der Waals surface area contributed by atoms with Crippen LogP contribution >= 0.6 is 0 Å². The number of carbonyl (C=O) groups excluding carboxylic acids is 1. The maximum atomic E-state index is 14.8. The third kappa shape index (κ3) is 4.90. The van der Waals surface area contributed by atoms with E-state index in [1.54, 1.807) is 13.1 Å². The Bertz CT molecular complexity index is 1350. The van der Waals surface area contributed by atoms with Crippen LogP contribution in [0.3, 0.4) is 0 Å². The number of carbonyl (C=O) groups is 1. The fourth-order valence-electron chi connectivity index (χ4n) is 6.32. The molecule has 0 radical (unpaired) electrons. The predicted molar refractivity (Wildman–Crippen MR) is 142 cm³/mol. The molecule has 3 atom stereocenters. The Morgan fingerprint density at radius 1 is 1.05 bits per heavy atom. The van der Waals surface area contributed by atoms with Crippen molar-refractivity contribution < 1.29 is 22.7 Å². The molecule has 10 heteroatoms. The highest BCUT2D eigenvalue weighted by Crippen LogP contribution is 2.35. The van der Waals surface area contributed by atoms with Crippen LogP contribution in [0, 0.1) is 11.7 Å². The van der Waals surface area contributed by atoms with Crippen molar-refractivity contribution in [3.8, 4) is 0 Å². The van der Waals surface area contributed by atoms with E-state index in [-0.39, 0.29) is 29.5 Å². The van der Waals surface area contributed by atoms with E-state index in [1.807, 2.05) is 18.2 Å². The Kier molecular flexibility index (Phi) is 7.05.